The normalized spacial score (nSPS) is 10.4. The molecule has 0 saturated heterocycles. The minimum atomic E-state index is -1.77. The molecule has 22 heavy (non-hydrogen) atoms. The smallest absolute Gasteiger partial charge is 0.262 e. The third-order valence-electron chi connectivity index (χ3n) is 2.57. The van der Waals surface area contributed by atoms with Gasteiger partial charge in [-0.25, -0.2) is 13.2 Å². The lowest BCUT2D eigenvalue weighted by Crippen LogP contribution is -2.21. The van der Waals surface area contributed by atoms with Gasteiger partial charge in [-0.1, -0.05) is 12.1 Å². The van der Waals surface area contributed by atoms with Gasteiger partial charge in [-0.05, 0) is 12.1 Å². The molecule has 0 fully saturated rings. The number of anilines is 1. The average molecular weight is 317 g/mol. The summed E-state index contributed by atoms with van der Waals surface area (Å²) in [7, 11) is 0. The van der Waals surface area contributed by atoms with Crippen LogP contribution in [0.4, 0.5) is 27.6 Å². The molecular weight excluding hydrogens is 309 g/mol. The summed E-state index contributed by atoms with van der Waals surface area (Å²) in [6, 6.07) is 5.17. The van der Waals surface area contributed by atoms with E-state index in [1.54, 1.807) is 0 Å². The number of carbonyl (C=O) groups excluding carboxylic acids is 1. The first-order valence-electron chi connectivity index (χ1n) is 5.90. The summed E-state index contributed by atoms with van der Waals surface area (Å²) >= 11 is 0. The summed E-state index contributed by atoms with van der Waals surface area (Å²) in [5, 5.41) is 2.08. The third kappa shape index (κ3) is 3.33. The molecule has 2 aromatic rings. The average Bonchev–Trinajstić information content (AvgIpc) is 2.47. The number of rotatable bonds is 4. The molecular formula is C14H8F5NO2. The molecule has 0 radical (unpaired) electrons. The highest BCUT2D eigenvalue weighted by atomic mass is 19.2. The van der Waals surface area contributed by atoms with Crippen LogP contribution in [0.2, 0.25) is 0 Å². The van der Waals surface area contributed by atoms with Crippen molar-refractivity contribution in [3.63, 3.8) is 0 Å². The predicted octanol–water partition coefficient (Wildman–Crippen LogP) is 3.40. The van der Waals surface area contributed by atoms with Crippen LogP contribution in [0.15, 0.2) is 30.3 Å². The second-order valence-electron chi connectivity index (χ2n) is 4.11. The van der Waals surface area contributed by atoms with E-state index in [-0.39, 0.29) is 11.8 Å². The monoisotopic (exact) mass is 317 g/mol. The first kappa shape index (κ1) is 15.7. The third-order valence-corrected chi connectivity index (χ3v) is 2.57. The van der Waals surface area contributed by atoms with Gasteiger partial charge in [0.2, 0.25) is 11.6 Å². The molecule has 1 amide bonds. The number of carbonyl (C=O) groups is 1. The zero-order valence-corrected chi connectivity index (χ0v) is 10.8. The molecule has 0 spiro atoms. The van der Waals surface area contributed by atoms with Gasteiger partial charge in [-0.2, -0.15) is 8.78 Å². The maximum absolute atomic E-state index is 13.3. The van der Waals surface area contributed by atoms with Crippen LogP contribution in [0.25, 0.3) is 0 Å². The van der Waals surface area contributed by atoms with E-state index >= 15 is 0 Å². The highest BCUT2D eigenvalue weighted by Gasteiger charge is 2.21. The van der Waals surface area contributed by atoms with Crippen molar-refractivity contribution >= 4 is 11.6 Å². The maximum Gasteiger partial charge on any atom is 0.262 e. The van der Waals surface area contributed by atoms with Gasteiger partial charge in [0.15, 0.2) is 24.0 Å². The molecule has 116 valence electrons. The van der Waals surface area contributed by atoms with Crippen molar-refractivity contribution in [3.8, 4) is 5.75 Å². The zero-order valence-electron chi connectivity index (χ0n) is 10.8. The second-order valence-corrected chi connectivity index (χ2v) is 4.11. The van der Waals surface area contributed by atoms with Gasteiger partial charge in [0.25, 0.3) is 5.91 Å². The van der Waals surface area contributed by atoms with E-state index in [2.05, 4.69) is 10.1 Å². The van der Waals surface area contributed by atoms with Crippen molar-refractivity contribution in [1.82, 2.24) is 0 Å². The Hall–Kier alpha value is -2.64. The fraction of sp³-hybridized carbons (Fsp3) is 0.0714. The Balaban J connectivity index is 2.08. The Morgan fingerprint density at radius 2 is 1.55 bits per heavy atom. The van der Waals surface area contributed by atoms with Crippen molar-refractivity contribution in [2.24, 2.45) is 0 Å². The van der Waals surface area contributed by atoms with E-state index in [9.17, 15) is 26.7 Å². The molecule has 8 heteroatoms. The van der Waals surface area contributed by atoms with Gasteiger partial charge in [0.1, 0.15) is 5.82 Å². The van der Waals surface area contributed by atoms with Crippen LogP contribution in [0.5, 0.6) is 5.75 Å². The zero-order chi connectivity index (χ0) is 16.3. The summed E-state index contributed by atoms with van der Waals surface area (Å²) in [5.74, 6) is -9.92. The van der Waals surface area contributed by atoms with Gasteiger partial charge in [0, 0.05) is 6.07 Å². The fourth-order valence-corrected chi connectivity index (χ4v) is 1.56. The van der Waals surface area contributed by atoms with E-state index in [0.717, 1.165) is 6.07 Å². The molecule has 0 unspecified atom stereocenters. The van der Waals surface area contributed by atoms with E-state index in [1.807, 2.05) is 0 Å². The van der Waals surface area contributed by atoms with Crippen LogP contribution in [0.3, 0.4) is 0 Å². The number of amides is 1. The summed E-state index contributed by atoms with van der Waals surface area (Å²) in [5.41, 5.74) is -0.178. The highest BCUT2D eigenvalue weighted by molar-refractivity contribution is 5.91. The van der Waals surface area contributed by atoms with E-state index in [0.29, 0.717) is 0 Å². The Morgan fingerprint density at radius 1 is 0.955 bits per heavy atom. The lowest BCUT2D eigenvalue weighted by Gasteiger charge is -2.10. The Bertz CT molecular complexity index is 694. The van der Waals surface area contributed by atoms with Crippen LogP contribution in [-0.2, 0) is 4.79 Å². The minimum absolute atomic E-state index is 0.0109. The molecule has 0 aliphatic heterocycles. The standard InChI is InChI=1S/C14H8F5NO2/c15-7-3-1-2-4-10(7)20-11(21)6-22-14-12(18)8(16)5-9(17)13(14)19/h1-5H,6H2,(H,20,21). The second kappa shape index (κ2) is 6.42. The Labute approximate surface area is 121 Å². The van der Waals surface area contributed by atoms with E-state index in [1.165, 1.54) is 18.2 Å². The molecule has 2 aromatic carbocycles. The quantitative estimate of drug-likeness (QED) is 0.693. The number of nitrogens with one attached hydrogen (secondary N) is 1. The molecule has 0 aliphatic rings. The van der Waals surface area contributed by atoms with E-state index < -0.39 is 47.3 Å². The molecule has 3 nitrogen and oxygen atoms in total. The van der Waals surface area contributed by atoms with Gasteiger partial charge in [-0.3, -0.25) is 4.79 Å². The van der Waals surface area contributed by atoms with Crippen LogP contribution >= 0.6 is 0 Å². The summed E-state index contributed by atoms with van der Waals surface area (Å²) in [4.78, 5) is 11.5. The lowest BCUT2D eigenvalue weighted by molar-refractivity contribution is -0.118. The van der Waals surface area contributed by atoms with Crippen molar-refractivity contribution in [2.45, 2.75) is 0 Å². The van der Waals surface area contributed by atoms with Crippen LogP contribution in [-0.4, -0.2) is 12.5 Å². The largest absolute Gasteiger partial charge is 0.477 e. The highest BCUT2D eigenvalue weighted by Crippen LogP contribution is 2.26. The first-order chi connectivity index (χ1) is 10.4. The molecule has 0 heterocycles. The molecule has 2 rings (SSSR count). The Morgan fingerprint density at radius 3 is 2.14 bits per heavy atom. The maximum atomic E-state index is 13.3. The van der Waals surface area contributed by atoms with Gasteiger partial charge < -0.3 is 10.1 Å². The lowest BCUT2D eigenvalue weighted by atomic mass is 10.3. The molecule has 0 atom stereocenters. The minimum Gasteiger partial charge on any atom is -0.477 e. The summed E-state index contributed by atoms with van der Waals surface area (Å²) in [6.45, 7) is -0.967. The number of benzene rings is 2. The number of hydrogen-bond acceptors (Lipinski definition) is 2. The van der Waals surface area contributed by atoms with Gasteiger partial charge in [-0.15, -0.1) is 0 Å². The molecule has 1 N–H and O–H groups in total. The SMILES string of the molecule is O=C(COc1c(F)c(F)cc(F)c1F)Nc1ccccc1F. The van der Waals surface area contributed by atoms with Crippen molar-refractivity contribution in [3.05, 3.63) is 59.4 Å². The van der Waals surface area contributed by atoms with Gasteiger partial charge in [0.05, 0.1) is 5.69 Å². The summed E-state index contributed by atoms with van der Waals surface area (Å²) in [6.07, 6.45) is 0. The van der Waals surface area contributed by atoms with Crippen LogP contribution in [0, 0.1) is 29.1 Å². The van der Waals surface area contributed by atoms with E-state index in [4.69, 9.17) is 0 Å². The number of halogens is 5. The Kier molecular flexibility index (Phi) is 4.59. The number of hydrogen-bond donors (Lipinski definition) is 1. The molecule has 0 aromatic heterocycles. The van der Waals surface area contributed by atoms with Crippen molar-refractivity contribution in [2.75, 3.05) is 11.9 Å². The number of para-hydroxylation sites is 1. The van der Waals surface area contributed by atoms with Crippen molar-refractivity contribution in [1.29, 1.82) is 0 Å². The summed E-state index contributed by atoms with van der Waals surface area (Å²) < 4.78 is 70.1. The number of ether oxygens (including phenoxy) is 1. The molecule has 0 bridgehead atoms. The first-order valence-corrected chi connectivity index (χ1v) is 5.90. The molecule has 0 aliphatic carbocycles. The van der Waals surface area contributed by atoms with Crippen LogP contribution < -0.4 is 10.1 Å². The van der Waals surface area contributed by atoms with Gasteiger partial charge >= 0.3 is 0 Å². The molecule has 0 saturated carbocycles. The predicted molar refractivity (Wildman–Crippen MR) is 66.8 cm³/mol. The fourth-order valence-electron chi connectivity index (χ4n) is 1.56. The van der Waals surface area contributed by atoms with Crippen molar-refractivity contribution < 1.29 is 31.5 Å². The van der Waals surface area contributed by atoms with Crippen LogP contribution in [0.1, 0.15) is 0 Å². The topological polar surface area (TPSA) is 38.3 Å².